The van der Waals surface area contributed by atoms with Crippen LogP contribution in [0.15, 0.2) is 55.6 Å². The molecule has 122 valence electrons. The van der Waals surface area contributed by atoms with Gasteiger partial charge in [-0.25, -0.2) is 0 Å². The van der Waals surface area contributed by atoms with Crippen LogP contribution in [0.5, 0.6) is 0 Å². The summed E-state index contributed by atoms with van der Waals surface area (Å²) in [6.45, 7) is 19.5. The predicted octanol–water partition coefficient (Wildman–Crippen LogP) is 5.51. The summed E-state index contributed by atoms with van der Waals surface area (Å²) in [6.07, 6.45) is 3.34. The normalized spacial score (nSPS) is 15.1. The van der Waals surface area contributed by atoms with Gasteiger partial charge >= 0.3 is 0 Å². The number of rotatable bonds is 8. The van der Waals surface area contributed by atoms with Crippen molar-refractivity contribution in [3.05, 3.63) is 61.2 Å². The van der Waals surface area contributed by atoms with E-state index in [9.17, 15) is 0 Å². The maximum atomic E-state index is 6.24. The van der Waals surface area contributed by atoms with Gasteiger partial charge in [-0.1, -0.05) is 63.3 Å². The lowest BCUT2D eigenvalue weighted by molar-refractivity contribution is 0.0111. The summed E-state index contributed by atoms with van der Waals surface area (Å²) in [5.41, 5.74) is 1.09. The highest BCUT2D eigenvalue weighted by Gasteiger charge is 2.37. The standard InChI is InChI=1S/C19H30O2Si/c1-8-17(15-20-22(6,7)19(3,4)5)21-18(9-2)16-13-11-10-12-14-16/h8-14,17-18H,1-2,15H2,3-7H3. The van der Waals surface area contributed by atoms with E-state index in [1.807, 2.05) is 42.5 Å². The van der Waals surface area contributed by atoms with Gasteiger partial charge < -0.3 is 9.16 Å². The predicted molar refractivity (Wildman–Crippen MR) is 97.6 cm³/mol. The molecule has 1 aromatic carbocycles. The molecule has 3 heteroatoms. The Kier molecular flexibility index (Phi) is 6.79. The summed E-state index contributed by atoms with van der Waals surface area (Å²) in [6, 6.07) is 10.1. The Hall–Kier alpha value is -1.16. The van der Waals surface area contributed by atoms with Crippen LogP contribution in [-0.4, -0.2) is 21.0 Å². The molecular formula is C19H30O2Si. The first-order valence-electron chi connectivity index (χ1n) is 7.80. The van der Waals surface area contributed by atoms with Crippen LogP contribution in [0.25, 0.3) is 0 Å². The van der Waals surface area contributed by atoms with E-state index in [4.69, 9.17) is 9.16 Å². The zero-order valence-electron chi connectivity index (χ0n) is 14.6. The largest absolute Gasteiger partial charge is 0.414 e. The number of ether oxygens (including phenoxy) is 1. The molecule has 0 saturated heterocycles. The van der Waals surface area contributed by atoms with E-state index < -0.39 is 8.32 Å². The van der Waals surface area contributed by atoms with Crippen molar-refractivity contribution in [2.45, 2.75) is 51.1 Å². The van der Waals surface area contributed by atoms with Gasteiger partial charge in [0.2, 0.25) is 0 Å². The van der Waals surface area contributed by atoms with Crippen LogP contribution in [0.1, 0.15) is 32.4 Å². The second kappa shape index (κ2) is 7.91. The van der Waals surface area contributed by atoms with E-state index in [1.165, 1.54) is 0 Å². The van der Waals surface area contributed by atoms with E-state index in [-0.39, 0.29) is 17.2 Å². The molecule has 22 heavy (non-hydrogen) atoms. The van der Waals surface area contributed by atoms with Gasteiger partial charge in [-0.2, -0.15) is 0 Å². The molecule has 0 aromatic heterocycles. The monoisotopic (exact) mass is 318 g/mol. The molecule has 0 fully saturated rings. The SMILES string of the molecule is C=CC(CO[Si](C)(C)C(C)(C)C)OC(C=C)c1ccccc1. The topological polar surface area (TPSA) is 18.5 Å². The van der Waals surface area contributed by atoms with Gasteiger partial charge in [0.05, 0.1) is 12.7 Å². The van der Waals surface area contributed by atoms with Gasteiger partial charge in [-0.3, -0.25) is 0 Å². The maximum Gasteiger partial charge on any atom is 0.192 e. The van der Waals surface area contributed by atoms with Gasteiger partial charge in [0.25, 0.3) is 0 Å². The van der Waals surface area contributed by atoms with Crippen LogP contribution in [0.3, 0.4) is 0 Å². The van der Waals surface area contributed by atoms with Gasteiger partial charge in [0.15, 0.2) is 8.32 Å². The highest BCUT2D eigenvalue weighted by Crippen LogP contribution is 2.36. The van der Waals surface area contributed by atoms with E-state index >= 15 is 0 Å². The molecule has 0 amide bonds. The quantitative estimate of drug-likeness (QED) is 0.465. The third kappa shape index (κ3) is 5.23. The molecular weight excluding hydrogens is 288 g/mol. The first-order valence-corrected chi connectivity index (χ1v) is 10.7. The van der Waals surface area contributed by atoms with Crippen molar-refractivity contribution in [2.75, 3.05) is 6.61 Å². The summed E-state index contributed by atoms with van der Waals surface area (Å²) < 4.78 is 12.3. The first-order chi connectivity index (χ1) is 10.2. The molecule has 0 saturated carbocycles. The van der Waals surface area contributed by atoms with Crippen LogP contribution in [0.2, 0.25) is 18.1 Å². The Morgan fingerprint density at radius 2 is 1.68 bits per heavy atom. The average Bonchev–Trinajstić information content (AvgIpc) is 2.47. The van der Waals surface area contributed by atoms with Gasteiger partial charge in [0, 0.05) is 0 Å². The fourth-order valence-electron chi connectivity index (χ4n) is 1.77. The lowest BCUT2D eigenvalue weighted by Crippen LogP contribution is -2.42. The Labute approximate surface area is 137 Å². The Bertz CT molecular complexity index is 474. The summed E-state index contributed by atoms with van der Waals surface area (Å²) in [5.74, 6) is 0. The summed E-state index contributed by atoms with van der Waals surface area (Å²) >= 11 is 0. The number of hydrogen-bond acceptors (Lipinski definition) is 2. The fraction of sp³-hybridized carbons (Fsp3) is 0.474. The van der Waals surface area contributed by atoms with Crippen molar-refractivity contribution in [1.82, 2.24) is 0 Å². The molecule has 0 bridgehead atoms. The van der Waals surface area contributed by atoms with Crippen molar-refractivity contribution in [3.8, 4) is 0 Å². The van der Waals surface area contributed by atoms with E-state index in [0.29, 0.717) is 6.61 Å². The lowest BCUT2D eigenvalue weighted by Gasteiger charge is -2.37. The van der Waals surface area contributed by atoms with Crippen molar-refractivity contribution >= 4 is 8.32 Å². The number of hydrogen-bond donors (Lipinski definition) is 0. The Balaban J connectivity index is 2.69. The van der Waals surface area contributed by atoms with Gasteiger partial charge in [0.1, 0.15) is 6.10 Å². The minimum Gasteiger partial charge on any atom is -0.414 e. The molecule has 0 radical (unpaired) electrons. The van der Waals surface area contributed by atoms with Crippen LogP contribution in [0, 0.1) is 0 Å². The van der Waals surface area contributed by atoms with Crippen LogP contribution in [-0.2, 0) is 9.16 Å². The smallest absolute Gasteiger partial charge is 0.192 e. The van der Waals surface area contributed by atoms with Crippen molar-refractivity contribution in [2.24, 2.45) is 0 Å². The summed E-state index contributed by atoms with van der Waals surface area (Å²) in [7, 11) is -1.78. The van der Waals surface area contributed by atoms with Gasteiger partial charge in [-0.15, -0.1) is 13.2 Å². The molecule has 0 aliphatic heterocycles. The van der Waals surface area contributed by atoms with Crippen LogP contribution in [0.4, 0.5) is 0 Å². The lowest BCUT2D eigenvalue weighted by atomic mass is 10.1. The Morgan fingerprint density at radius 3 is 2.14 bits per heavy atom. The van der Waals surface area contributed by atoms with Crippen molar-refractivity contribution < 1.29 is 9.16 Å². The molecule has 1 rings (SSSR count). The fourth-order valence-corrected chi connectivity index (χ4v) is 2.79. The minimum atomic E-state index is -1.78. The molecule has 0 spiro atoms. The van der Waals surface area contributed by atoms with E-state index in [2.05, 4.69) is 47.0 Å². The summed E-state index contributed by atoms with van der Waals surface area (Å²) in [5, 5.41) is 0.190. The molecule has 2 atom stereocenters. The third-order valence-electron chi connectivity index (χ3n) is 4.34. The molecule has 1 aromatic rings. The summed E-state index contributed by atoms with van der Waals surface area (Å²) in [4.78, 5) is 0. The average molecular weight is 319 g/mol. The molecule has 0 heterocycles. The minimum absolute atomic E-state index is 0.141. The molecule has 2 unspecified atom stereocenters. The van der Waals surface area contributed by atoms with E-state index in [1.54, 1.807) is 0 Å². The van der Waals surface area contributed by atoms with Gasteiger partial charge in [-0.05, 0) is 23.7 Å². The molecule has 0 aliphatic carbocycles. The molecule has 0 N–H and O–H groups in total. The van der Waals surface area contributed by atoms with E-state index in [0.717, 1.165) is 5.56 Å². The zero-order chi connectivity index (χ0) is 16.8. The third-order valence-corrected chi connectivity index (χ3v) is 8.84. The molecule has 0 aliphatic rings. The van der Waals surface area contributed by atoms with Crippen molar-refractivity contribution in [1.29, 1.82) is 0 Å². The number of benzene rings is 1. The Morgan fingerprint density at radius 1 is 1.09 bits per heavy atom. The highest BCUT2D eigenvalue weighted by atomic mass is 28.4. The second-order valence-electron chi connectivity index (χ2n) is 7.05. The highest BCUT2D eigenvalue weighted by molar-refractivity contribution is 6.74. The molecule has 2 nitrogen and oxygen atoms in total. The van der Waals surface area contributed by atoms with Crippen molar-refractivity contribution in [3.63, 3.8) is 0 Å². The van der Waals surface area contributed by atoms with Crippen LogP contribution < -0.4 is 0 Å². The second-order valence-corrected chi connectivity index (χ2v) is 11.9. The van der Waals surface area contributed by atoms with Crippen LogP contribution >= 0.6 is 0 Å². The zero-order valence-corrected chi connectivity index (χ0v) is 15.6. The maximum absolute atomic E-state index is 6.24. The first kappa shape index (κ1) is 18.9.